The number of carbonyl (C=O) groups is 1. The molecule has 0 saturated heterocycles. The highest BCUT2D eigenvalue weighted by Gasteiger charge is 2.07. The quantitative estimate of drug-likeness (QED) is 0.423. The molecule has 5 nitrogen and oxygen atoms in total. The first-order valence-corrected chi connectivity index (χ1v) is 9.33. The molecule has 3 aromatic rings. The number of carbonyl (C=O) groups excluding carboxylic acids is 1. The zero-order valence-electron chi connectivity index (χ0n) is 15.8. The normalized spacial score (nSPS) is 10.3. The van der Waals surface area contributed by atoms with Crippen molar-refractivity contribution in [3.8, 4) is 34.3 Å². The van der Waals surface area contributed by atoms with E-state index in [1.54, 1.807) is 12.1 Å². The number of rotatable bonds is 7. The summed E-state index contributed by atoms with van der Waals surface area (Å²) in [7, 11) is 0. The van der Waals surface area contributed by atoms with Crippen molar-refractivity contribution in [2.24, 2.45) is 0 Å². The predicted octanol–water partition coefficient (Wildman–Crippen LogP) is 5.17. The zero-order chi connectivity index (χ0) is 19.8. The van der Waals surface area contributed by atoms with Crippen molar-refractivity contribution in [1.82, 2.24) is 9.97 Å². The molecule has 0 bridgehead atoms. The fourth-order valence-electron chi connectivity index (χ4n) is 2.77. The molecule has 0 amide bonds. The van der Waals surface area contributed by atoms with E-state index in [9.17, 15) is 4.79 Å². The molecule has 0 fully saturated rings. The van der Waals surface area contributed by atoms with Gasteiger partial charge in [-0.3, -0.25) is 4.79 Å². The van der Waals surface area contributed by atoms with Crippen LogP contribution >= 0.6 is 0 Å². The van der Waals surface area contributed by atoms with Crippen molar-refractivity contribution in [1.29, 1.82) is 5.26 Å². The summed E-state index contributed by atoms with van der Waals surface area (Å²) in [6.45, 7) is 2.09. The number of hydrogen-bond acceptors (Lipinski definition) is 5. The van der Waals surface area contributed by atoms with Crippen LogP contribution in [0.1, 0.15) is 38.2 Å². The van der Waals surface area contributed by atoms with Gasteiger partial charge in [0.05, 0.1) is 24.0 Å². The molecule has 0 aliphatic heterocycles. The number of nitrogens with zero attached hydrogens (tertiary/aromatic N) is 3. The van der Waals surface area contributed by atoms with Gasteiger partial charge >= 0.3 is 5.97 Å². The van der Waals surface area contributed by atoms with E-state index >= 15 is 0 Å². The van der Waals surface area contributed by atoms with Gasteiger partial charge in [-0.25, -0.2) is 9.97 Å². The van der Waals surface area contributed by atoms with Gasteiger partial charge in [-0.05, 0) is 29.7 Å². The van der Waals surface area contributed by atoms with Crippen molar-refractivity contribution >= 4 is 5.97 Å². The second-order valence-corrected chi connectivity index (χ2v) is 6.44. The van der Waals surface area contributed by atoms with Crippen LogP contribution in [0.2, 0.25) is 0 Å². The Morgan fingerprint density at radius 1 is 0.929 bits per heavy atom. The number of esters is 1. The Morgan fingerprint density at radius 2 is 1.50 bits per heavy atom. The second kappa shape index (κ2) is 9.43. The van der Waals surface area contributed by atoms with Crippen LogP contribution in [-0.4, -0.2) is 15.9 Å². The molecule has 28 heavy (non-hydrogen) atoms. The van der Waals surface area contributed by atoms with Crippen LogP contribution in [0.3, 0.4) is 0 Å². The lowest BCUT2D eigenvalue weighted by Crippen LogP contribution is -2.08. The van der Waals surface area contributed by atoms with E-state index in [1.165, 1.54) is 12.4 Å². The van der Waals surface area contributed by atoms with Crippen LogP contribution in [0, 0.1) is 11.3 Å². The molecule has 5 heteroatoms. The van der Waals surface area contributed by atoms with Crippen LogP contribution in [-0.2, 0) is 4.79 Å². The molecule has 0 radical (unpaired) electrons. The van der Waals surface area contributed by atoms with Crippen molar-refractivity contribution in [3.05, 3.63) is 66.5 Å². The van der Waals surface area contributed by atoms with E-state index in [-0.39, 0.29) is 5.97 Å². The van der Waals surface area contributed by atoms with Gasteiger partial charge in [0.25, 0.3) is 0 Å². The first kappa shape index (κ1) is 19.2. The van der Waals surface area contributed by atoms with Gasteiger partial charge in [-0.1, -0.05) is 56.2 Å². The Hall–Kier alpha value is -3.52. The van der Waals surface area contributed by atoms with Crippen LogP contribution in [0.25, 0.3) is 22.5 Å². The number of benzene rings is 2. The summed E-state index contributed by atoms with van der Waals surface area (Å²) in [6, 6.07) is 17.4. The molecular formula is C23H21N3O2. The minimum atomic E-state index is -0.253. The van der Waals surface area contributed by atoms with Crippen molar-refractivity contribution < 1.29 is 9.53 Å². The largest absolute Gasteiger partial charge is 0.423 e. The summed E-state index contributed by atoms with van der Waals surface area (Å²) in [5.41, 5.74) is 3.60. The number of ether oxygens (including phenoxy) is 1. The first-order valence-electron chi connectivity index (χ1n) is 9.33. The lowest BCUT2D eigenvalue weighted by atomic mass is 10.0. The number of nitriles is 1. The third-order valence-electron chi connectivity index (χ3n) is 4.33. The summed E-state index contributed by atoms with van der Waals surface area (Å²) in [6.07, 6.45) is 6.37. The summed E-state index contributed by atoms with van der Waals surface area (Å²) in [5, 5.41) is 8.89. The molecule has 0 aliphatic rings. The van der Waals surface area contributed by atoms with Crippen LogP contribution in [0.4, 0.5) is 0 Å². The van der Waals surface area contributed by atoms with E-state index in [1.807, 2.05) is 36.4 Å². The molecule has 0 N–H and O–H groups in total. The maximum absolute atomic E-state index is 11.8. The Morgan fingerprint density at radius 3 is 2.07 bits per heavy atom. The Labute approximate surface area is 164 Å². The molecule has 0 saturated carbocycles. The van der Waals surface area contributed by atoms with E-state index in [0.29, 0.717) is 23.6 Å². The fraction of sp³-hybridized carbons (Fsp3) is 0.217. The lowest BCUT2D eigenvalue weighted by molar-refractivity contribution is -0.134. The van der Waals surface area contributed by atoms with Gasteiger partial charge in [0.1, 0.15) is 0 Å². The summed E-state index contributed by atoms with van der Waals surface area (Å²) >= 11 is 0. The predicted molar refractivity (Wildman–Crippen MR) is 107 cm³/mol. The monoisotopic (exact) mass is 371 g/mol. The van der Waals surface area contributed by atoms with Gasteiger partial charge in [-0.2, -0.15) is 5.26 Å². The molecule has 1 heterocycles. The number of unbranched alkanes of at least 4 members (excludes halogenated alkanes) is 2. The van der Waals surface area contributed by atoms with Crippen molar-refractivity contribution in [2.45, 2.75) is 32.6 Å². The van der Waals surface area contributed by atoms with E-state index in [2.05, 4.69) is 23.0 Å². The highest BCUT2D eigenvalue weighted by Crippen LogP contribution is 2.24. The van der Waals surface area contributed by atoms with Gasteiger partial charge in [0, 0.05) is 12.0 Å². The topological polar surface area (TPSA) is 75.9 Å². The maximum Gasteiger partial charge on any atom is 0.311 e. The highest BCUT2D eigenvalue weighted by molar-refractivity contribution is 5.72. The Bertz CT molecular complexity index is 957. The zero-order valence-corrected chi connectivity index (χ0v) is 15.8. The minimum absolute atomic E-state index is 0.253. The van der Waals surface area contributed by atoms with Crippen molar-refractivity contribution in [2.75, 3.05) is 0 Å². The third-order valence-corrected chi connectivity index (χ3v) is 4.33. The SMILES string of the molecule is CCCCCC(=O)Oc1cnc(-c2ccc(-c3ccc(C#N)cc3)cc2)nc1. The molecule has 3 rings (SSSR count). The fourth-order valence-corrected chi connectivity index (χ4v) is 2.77. The molecule has 1 aromatic heterocycles. The minimum Gasteiger partial charge on any atom is -0.423 e. The summed E-state index contributed by atoms with van der Waals surface area (Å²) < 4.78 is 5.26. The maximum atomic E-state index is 11.8. The first-order chi connectivity index (χ1) is 13.7. The Kier molecular flexibility index (Phi) is 6.48. The standard InChI is InChI=1S/C23H21N3O2/c1-2-3-4-5-22(27)28-21-15-25-23(26-16-21)20-12-10-19(11-13-20)18-8-6-17(14-24)7-9-18/h6-13,15-16H,2-5H2,1H3. The van der Waals surface area contributed by atoms with Crippen LogP contribution < -0.4 is 4.74 Å². The van der Waals surface area contributed by atoms with E-state index in [4.69, 9.17) is 10.00 Å². The molecule has 0 spiro atoms. The van der Waals surface area contributed by atoms with Crippen molar-refractivity contribution in [3.63, 3.8) is 0 Å². The highest BCUT2D eigenvalue weighted by atomic mass is 16.5. The lowest BCUT2D eigenvalue weighted by Gasteiger charge is -2.06. The molecule has 0 aliphatic carbocycles. The van der Waals surface area contributed by atoms with Crippen LogP contribution in [0.5, 0.6) is 5.75 Å². The van der Waals surface area contributed by atoms with E-state index < -0.39 is 0 Å². The average molecular weight is 371 g/mol. The van der Waals surface area contributed by atoms with Gasteiger partial charge in [0.15, 0.2) is 11.6 Å². The van der Waals surface area contributed by atoms with Gasteiger partial charge < -0.3 is 4.74 Å². The third kappa shape index (κ3) is 5.01. The molecule has 140 valence electrons. The average Bonchev–Trinajstić information content (AvgIpc) is 2.75. The Balaban J connectivity index is 1.65. The van der Waals surface area contributed by atoms with E-state index in [0.717, 1.165) is 36.0 Å². The second-order valence-electron chi connectivity index (χ2n) is 6.44. The van der Waals surface area contributed by atoms with Gasteiger partial charge in [-0.15, -0.1) is 0 Å². The summed E-state index contributed by atoms with van der Waals surface area (Å²) in [4.78, 5) is 20.4. The van der Waals surface area contributed by atoms with Crippen LogP contribution in [0.15, 0.2) is 60.9 Å². The number of hydrogen-bond donors (Lipinski definition) is 0. The smallest absolute Gasteiger partial charge is 0.311 e. The summed E-state index contributed by atoms with van der Waals surface area (Å²) in [5.74, 6) is 0.674. The number of aromatic nitrogens is 2. The molecule has 2 aromatic carbocycles. The molecule has 0 unspecified atom stereocenters. The van der Waals surface area contributed by atoms with Gasteiger partial charge in [0.2, 0.25) is 0 Å². The molecule has 0 atom stereocenters. The molecular weight excluding hydrogens is 350 g/mol.